The van der Waals surface area contributed by atoms with Crippen molar-refractivity contribution >= 4 is 17.3 Å². The van der Waals surface area contributed by atoms with E-state index in [0.29, 0.717) is 11.1 Å². The number of carbonyl (C=O) groups excluding carboxylic acids is 3. The standard InChI is InChI=1S/C30H50O8/c1-8-18(2)29(37)22(6)14-27(35)28(36)17-25(33)16-24(32)13-12-21(5)30(38)20(4)11-9-10-19(3)26(34)15-23(7)31/h9-12,18,20,22,24-25,27,29-30,32-33,35,37-38H,8,13-17H2,1-7H3/b11-9+,19-10+,21-12+. The molecule has 0 spiro atoms. The Morgan fingerprint density at radius 1 is 0.842 bits per heavy atom. The molecular formula is C30H50O8. The maximum Gasteiger partial charge on any atom is 0.165 e. The van der Waals surface area contributed by atoms with Crippen molar-refractivity contribution in [2.24, 2.45) is 17.8 Å². The van der Waals surface area contributed by atoms with Gasteiger partial charge in [-0.1, -0.05) is 58.4 Å². The van der Waals surface area contributed by atoms with Crippen molar-refractivity contribution in [2.75, 3.05) is 0 Å². The average molecular weight is 539 g/mol. The molecular weight excluding hydrogens is 488 g/mol. The highest BCUT2D eigenvalue weighted by Crippen LogP contribution is 2.21. The Morgan fingerprint density at radius 3 is 2.00 bits per heavy atom. The minimum Gasteiger partial charge on any atom is -0.393 e. The summed E-state index contributed by atoms with van der Waals surface area (Å²) in [4.78, 5) is 35.2. The van der Waals surface area contributed by atoms with Gasteiger partial charge in [0.05, 0.1) is 30.8 Å². The van der Waals surface area contributed by atoms with Crippen LogP contribution in [-0.4, -0.2) is 73.4 Å². The van der Waals surface area contributed by atoms with Crippen LogP contribution in [0.2, 0.25) is 0 Å². The normalized spacial score (nSPS) is 19.4. The molecule has 0 aromatic carbocycles. The van der Waals surface area contributed by atoms with Gasteiger partial charge in [0.1, 0.15) is 11.9 Å². The molecule has 38 heavy (non-hydrogen) atoms. The SMILES string of the molecule is CCC(C)C(O)C(C)CC(O)C(=O)CC(O)CC(O)C/C=C(\C)C(O)C(C)/C=C/C=C(\C)C(=O)CC(C)=O. The molecule has 0 aliphatic carbocycles. The molecule has 0 aliphatic heterocycles. The van der Waals surface area contributed by atoms with E-state index >= 15 is 0 Å². The van der Waals surface area contributed by atoms with Gasteiger partial charge in [-0.25, -0.2) is 0 Å². The molecule has 8 atom stereocenters. The summed E-state index contributed by atoms with van der Waals surface area (Å²) in [7, 11) is 0. The van der Waals surface area contributed by atoms with Crippen molar-refractivity contribution in [1.82, 2.24) is 0 Å². The second kappa shape index (κ2) is 18.3. The average Bonchev–Trinajstić information content (AvgIpc) is 2.84. The van der Waals surface area contributed by atoms with Gasteiger partial charge in [0.2, 0.25) is 0 Å². The Labute approximate surface area is 228 Å². The van der Waals surface area contributed by atoms with Gasteiger partial charge < -0.3 is 25.5 Å². The number of aliphatic hydroxyl groups is 5. The molecule has 0 saturated heterocycles. The Hall–Kier alpha value is -1.97. The lowest BCUT2D eigenvalue weighted by molar-refractivity contribution is -0.131. The number of hydrogen-bond donors (Lipinski definition) is 5. The second-order valence-electron chi connectivity index (χ2n) is 10.8. The smallest absolute Gasteiger partial charge is 0.165 e. The van der Waals surface area contributed by atoms with E-state index in [2.05, 4.69) is 0 Å². The first kappa shape index (κ1) is 36.0. The highest BCUT2D eigenvalue weighted by Gasteiger charge is 2.27. The molecule has 0 aromatic rings. The molecule has 8 unspecified atom stereocenters. The maximum absolute atomic E-state index is 12.3. The van der Waals surface area contributed by atoms with Crippen LogP contribution in [-0.2, 0) is 14.4 Å². The third-order valence-electron chi connectivity index (χ3n) is 7.04. The highest BCUT2D eigenvalue weighted by molar-refractivity contribution is 6.06. The molecule has 5 N–H and O–H groups in total. The van der Waals surface area contributed by atoms with E-state index in [-0.39, 0.29) is 61.4 Å². The number of aliphatic hydroxyl groups excluding tert-OH is 5. The molecule has 0 fully saturated rings. The monoisotopic (exact) mass is 538 g/mol. The quantitative estimate of drug-likeness (QED) is 0.0727. The van der Waals surface area contributed by atoms with Gasteiger partial charge in [0, 0.05) is 12.3 Å². The molecule has 0 saturated carbocycles. The van der Waals surface area contributed by atoms with Crippen molar-refractivity contribution in [3.63, 3.8) is 0 Å². The van der Waals surface area contributed by atoms with Crippen LogP contribution in [0.25, 0.3) is 0 Å². The van der Waals surface area contributed by atoms with Crippen LogP contribution in [0.15, 0.2) is 35.5 Å². The van der Waals surface area contributed by atoms with Crippen LogP contribution in [0.5, 0.6) is 0 Å². The Morgan fingerprint density at radius 2 is 1.45 bits per heavy atom. The van der Waals surface area contributed by atoms with Gasteiger partial charge >= 0.3 is 0 Å². The summed E-state index contributed by atoms with van der Waals surface area (Å²) in [6.45, 7) is 12.2. The topological polar surface area (TPSA) is 152 Å². The molecule has 0 rings (SSSR count). The zero-order valence-corrected chi connectivity index (χ0v) is 24.1. The number of allylic oxidation sites excluding steroid dienone is 3. The summed E-state index contributed by atoms with van der Waals surface area (Å²) in [6, 6.07) is 0. The predicted octanol–water partition coefficient (Wildman–Crippen LogP) is 3.24. The minimum absolute atomic E-state index is 0.0531. The van der Waals surface area contributed by atoms with Crippen LogP contribution >= 0.6 is 0 Å². The first-order valence-electron chi connectivity index (χ1n) is 13.6. The second-order valence-corrected chi connectivity index (χ2v) is 10.8. The van der Waals surface area contributed by atoms with E-state index in [1.54, 1.807) is 52.0 Å². The minimum atomic E-state index is -1.28. The summed E-state index contributed by atoms with van der Waals surface area (Å²) < 4.78 is 0. The third-order valence-corrected chi connectivity index (χ3v) is 7.04. The van der Waals surface area contributed by atoms with Gasteiger partial charge in [-0.05, 0) is 63.0 Å². The Balaban J connectivity index is 4.72. The lowest BCUT2D eigenvalue weighted by Gasteiger charge is -2.25. The van der Waals surface area contributed by atoms with Crippen LogP contribution in [0.3, 0.4) is 0 Å². The number of ketones is 3. The summed E-state index contributed by atoms with van der Waals surface area (Å²) >= 11 is 0. The summed E-state index contributed by atoms with van der Waals surface area (Å²) in [5.74, 6) is -1.45. The largest absolute Gasteiger partial charge is 0.393 e. The van der Waals surface area contributed by atoms with E-state index in [4.69, 9.17) is 0 Å². The first-order valence-corrected chi connectivity index (χ1v) is 13.6. The zero-order valence-electron chi connectivity index (χ0n) is 24.1. The van der Waals surface area contributed by atoms with Gasteiger partial charge in [0.15, 0.2) is 11.6 Å². The lowest BCUT2D eigenvalue weighted by atomic mass is 9.86. The van der Waals surface area contributed by atoms with E-state index in [9.17, 15) is 39.9 Å². The molecule has 218 valence electrons. The van der Waals surface area contributed by atoms with Crippen LogP contribution in [0, 0.1) is 17.8 Å². The first-order chi connectivity index (χ1) is 17.6. The maximum atomic E-state index is 12.3. The van der Waals surface area contributed by atoms with Gasteiger partial charge in [-0.2, -0.15) is 0 Å². The molecule has 0 heterocycles. The zero-order chi connectivity index (χ0) is 29.6. The van der Waals surface area contributed by atoms with Crippen molar-refractivity contribution < 1.29 is 39.9 Å². The van der Waals surface area contributed by atoms with E-state index in [0.717, 1.165) is 6.42 Å². The Kier molecular flexibility index (Phi) is 17.4. The lowest BCUT2D eigenvalue weighted by Crippen LogP contribution is -2.33. The van der Waals surface area contributed by atoms with Crippen LogP contribution in [0.1, 0.15) is 87.0 Å². The van der Waals surface area contributed by atoms with Crippen molar-refractivity contribution in [2.45, 2.75) is 118 Å². The molecule has 8 heteroatoms. The van der Waals surface area contributed by atoms with Crippen molar-refractivity contribution in [1.29, 1.82) is 0 Å². The van der Waals surface area contributed by atoms with E-state index in [1.165, 1.54) is 6.92 Å². The summed E-state index contributed by atoms with van der Waals surface area (Å²) in [5, 5.41) is 51.5. The fourth-order valence-corrected chi connectivity index (χ4v) is 4.08. The van der Waals surface area contributed by atoms with Crippen molar-refractivity contribution in [3.8, 4) is 0 Å². The highest BCUT2D eigenvalue weighted by atomic mass is 16.3. The van der Waals surface area contributed by atoms with Gasteiger partial charge in [0.25, 0.3) is 0 Å². The van der Waals surface area contributed by atoms with E-state index < -0.39 is 36.3 Å². The summed E-state index contributed by atoms with van der Waals surface area (Å²) in [5.41, 5.74) is 1.08. The number of hydrogen-bond acceptors (Lipinski definition) is 8. The molecule has 0 aliphatic rings. The fourth-order valence-electron chi connectivity index (χ4n) is 4.08. The molecule has 0 aromatic heterocycles. The van der Waals surface area contributed by atoms with Crippen molar-refractivity contribution in [3.05, 3.63) is 35.5 Å². The number of Topliss-reactive ketones (excluding diaryl/α,β-unsaturated/α-hetero) is 3. The Bertz CT molecular complexity index is 843. The predicted molar refractivity (Wildman–Crippen MR) is 148 cm³/mol. The van der Waals surface area contributed by atoms with E-state index in [1.807, 2.05) is 13.8 Å². The molecule has 0 amide bonds. The van der Waals surface area contributed by atoms with Crippen LogP contribution < -0.4 is 0 Å². The molecule has 8 nitrogen and oxygen atoms in total. The van der Waals surface area contributed by atoms with Gasteiger partial charge in [-0.3, -0.25) is 14.4 Å². The van der Waals surface area contributed by atoms with Crippen LogP contribution in [0.4, 0.5) is 0 Å². The molecule has 0 bridgehead atoms. The molecule has 0 radical (unpaired) electrons. The van der Waals surface area contributed by atoms with Gasteiger partial charge in [-0.15, -0.1) is 0 Å². The fraction of sp³-hybridized carbons (Fsp3) is 0.700. The number of carbonyl (C=O) groups is 3. The third kappa shape index (κ3) is 14.3. The summed E-state index contributed by atoms with van der Waals surface area (Å²) in [6.07, 6.45) is 2.47. The number of rotatable bonds is 19.